The average molecular weight is 472 g/mol. The molecule has 7 nitrogen and oxygen atoms in total. The molecule has 3 aromatic carbocycles. The van der Waals surface area contributed by atoms with Gasteiger partial charge in [0.05, 0.1) is 39.7 Å². The molecular formula is C28H25NO6. The van der Waals surface area contributed by atoms with Gasteiger partial charge in [0.25, 0.3) is 0 Å². The molecule has 0 radical (unpaired) electrons. The number of pyridine rings is 1. The zero-order valence-electron chi connectivity index (χ0n) is 20.0. The molecule has 178 valence electrons. The van der Waals surface area contributed by atoms with Crippen LogP contribution in [0.3, 0.4) is 0 Å². The third-order valence-electron chi connectivity index (χ3n) is 6.32. The molecule has 1 aliphatic heterocycles. The third kappa shape index (κ3) is 3.89. The van der Waals surface area contributed by atoms with E-state index in [1.807, 2.05) is 48.5 Å². The smallest absolute Gasteiger partial charge is 0.339 e. The predicted octanol–water partition coefficient (Wildman–Crippen LogP) is 5.12. The summed E-state index contributed by atoms with van der Waals surface area (Å²) in [5, 5.41) is 1.92. The van der Waals surface area contributed by atoms with Crippen LogP contribution in [0.5, 0.6) is 23.0 Å². The van der Waals surface area contributed by atoms with E-state index in [1.54, 1.807) is 40.7 Å². The number of ether oxygens (including phenoxy) is 5. The van der Waals surface area contributed by atoms with Crippen LogP contribution in [0.4, 0.5) is 0 Å². The Morgan fingerprint density at radius 1 is 0.800 bits per heavy atom. The number of carbonyl (C=O) groups excluding carboxylic acids is 1. The molecule has 4 aromatic rings. The number of hydrogen-bond acceptors (Lipinski definition) is 7. The van der Waals surface area contributed by atoms with Crippen molar-refractivity contribution in [1.82, 2.24) is 4.98 Å². The Morgan fingerprint density at radius 2 is 1.46 bits per heavy atom. The number of carbonyl (C=O) groups is 1. The van der Waals surface area contributed by atoms with Gasteiger partial charge in [0, 0.05) is 29.1 Å². The number of aromatic nitrogens is 1. The van der Waals surface area contributed by atoms with Crippen LogP contribution < -0.4 is 18.9 Å². The summed E-state index contributed by atoms with van der Waals surface area (Å²) in [6, 6.07) is 17.0. The molecule has 5 rings (SSSR count). The third-order valence-corrected chi connectivity index (χ3v) is 6.32. The quantitative estimate of drug-likeness (QED) is 0.346. The van der Waals surface area contributed by atoms with Gasteiger partial charge in [0.2, 0.25) is 0 Å². The van der Waals surface area contributed by atoms with Crippen LogP contribution in [-0.2, 0) is 11.2 Å². The fourth-order valence-corrected chi connectivity index (χ4v) is 4.59. The molecule has 0 amide bonds. The van der Waals surface area contributed by atoms with E-state index < -0.39 is 6.10 Å². The molecule has 0 spiro atoms. The van der Waals surface area contributed by atoms with E-state index in [2.05, 4.69) is 4.98 Å². The van der Waals surface area contributed by atoms with E-state index >= 15 is 0 Å². The summed E-state index contributed by atoms with van der Waals surface area (Å²) in [5.74, 6) is 2.08. The van der Waals surface area contributed by atoms with Gasteiger partial charge in [-0.25, -0.2) is 4.79 Å². The first-order chi connectivity index (χ1) is 17.1. The minimum atomic E-state index is -0.557. The normalized spacial score (nSPS) is 14.4. The van der Waals surface area contributed by atoms with Crippen LogP contribution in [0.25, 0.3) is 10.8 Å². The van der Waals surface area contributed by atoms with Gasteiger partial charge in [0.1, 0.15) is 0 Å². The number of nitrogens with zero attached hydrogens (tertiary/aromatic N) is 1. The van der Waals surface area contributed by atoms with E-state index in [0.29, 0.717) is 35.0 Å². The Kier molecular flexibility index (Phi) is 5.91. The van der Waals surface area contributed by atoms with Gasteiger partial charge in [-0.2, -0.15) is 0 Å². The maximum atomic E-state index is 12.6. The number of hydrogen-bond donors (Lipinski definition) is 0. The minimum Gasteiger partial charge on any atom is -0.493 e. The highest BCUT2D eigenvalue weighted by molar-refractivity contribution is 5.94. The molecule has 0 saturated carbocycles. The Morgan fingerprint density at radius 3 is 2.20 bits per heavy atom. The Labute approximate surface area is 203 Å². The van der Waals surface area contributed by atoms with Gasteiger partial charge in [-0.1, -0.05) is 18.2 Å². The van der Waals surface area contributed by atoms with Crippen molar-refractivity contribution >= 4 is 16.7 Å². The van der Waals surface area contributed by atoms with E-state index in [4.69, 9.17) is 23.7 Å². The van der Waals surface area contributed by atoms with Gasteiger partial charge in [-0.05, 0) is 47.3 Å². The average Bonchev–Trinajstić information content (AvgIpc) is 3.24. The van der Waals surface area contributed by atoms with E-state index in [0.717, 1.165) is 33.2 Å². The zero-order chi connectivity index (χ0) is 24.5. The van der Waals surface area contributed by atoms with Gasteiger partial charge in [-0.15, -0.1) is 0 Å². The molecule has 0 bridgehead atoms. The second-order valence-electron chi connectivity index (χ2n) is 8.14. The van der Waals surface area contributed by atoms with Crippen LogP contribution in [0.1, 0.15) is 38.8 Å². The maximum absolute atomic E-state index is 12.6. The lowest BCUT2D eigenvalue weighted by Gasteiger charge is -2.20. The van der Waals surface area contributed by atoms with Gasteiger partial charge in [0.15, 0.2) is 29.1 Å². The topological polar surface area (TPSA) is 76.1 Å². The number of rotatable bonds is 7. The molecular weight excluding hydrogens is 446 g/mol. The van der Waals surface area contributed by atoms with Crippen molar-refractivity contribution in [2.24, 2.45) is 0 Å². The monoisotopic (exact) mass is 471 g/mol. The van der Waals surface area contributed by atoms with Crippen molar-refractivity contribution in [3.05, 3.63) is 88.7 Å². The molecule has 1 atom stereocenters. The second kappa shape index (κ2) is 9.18. The summed E-state index contributed by atoms with van der Waals surface area (Å²) in [4.78, 5) is 17.3. The molecule has 1 aliphatic rings. The first-order valence-electron chi connectivity index (χ1n) is 11.1. The van der Waals surface area contributed by atoms with Crippen LogP contribution in [0.2, 0.25) is 0 Å². The highest BCUT2D eigenvalue weighted by atomic mass is 16.5. The van der Waals surface area contributed by atoms with Crippen LogP contribution in [0, 0.1) is 0 Å². The molecule has 1 aromatic heterocycles. The van der Waals surface area contributed by atoms with Gasteiger partial charge < -0.3 is 23.7 Å². The summed E-state index contributed by atoms with van der Waals surface area (Å²) in [5.41, 5.74) is 3.96. The van der Waals surface area contributed by atoms with Crippen LogP contribution >= 0.6 is 0 Å². The molecule has 0 saturated heterocycles. The Balaban J connectivity index is 1.67. The van der Waals surface area contributed by atoms with Crippen molar-refractivity contribution in [2.75, 3.05) is 28.4 Å². The fraction of sp³-hybridized carbons (Fsp3) is 0.214. The lowest BCUT2D eigenvalue weighted by atomic mass is 9.92. The van der Waals surface area contributed by atoms with Crippen LogP contribution in [0.15, 0.2) is 60.8 Å². The SMILES string of the molecule is COc1cc(Cc2nccc3cc(OC)c(OC)cc23)c(C2OC(=O)c3ccccc32)cc1OC. The van der Waals surface area contributed by atoms with E-state index in [-0.39, 0.29) is 5.97 Å². The maximum Gasteiger partial charge on any atom is 0.339 e. The minimum absolute atomic E-state index is 0.341. The summed E-state index contributed by atoms with van der Waals surface area (Å²) in [7, 11) is 6.40. The van der Waals surface area contributed by atoms with Crippen molar-refractivity contribution in [2.45, 2.75) is 12.5 Å². The Bertz CT molecular complexity index is 1430. The summed E-state index contributed by atoms with van der Waals surface area (Å²) < 4.78 is 28.0. The highest BCUT2D eigenvalue weighted by Gasteiger charge is 2.34. The number of cyclic esters (lactones) is 1. The van der Waals surface area contributed by atoms with Crippen molar-refractivity contribution in [3.8, 4) is 23.0 Å². The Hall–Kier alpha value is -4.26. The predicted molar refractivity (Wildman–Crippen MR) is 131 cm³/mol. The number of methoxy groups -OCH3 is 4. The van der Waals surface area contributed by atoms with Gasteiger partial charge in [-0.3, -0.25) is 4.98 Å². The fourth-order valence-electron chi connectivity index (χ4n) is 4.59. The molecule has 7 heteroatoms. The number of fused-ring (bicyclic) bond motifs is 2. The highest BCUT2D eigenvalue weighted by Crippen LogP contribution is 2.42. The van der Waals surface area contributed by atoms with Crippen molar-refractivity contribution in [3.63, 3.8) is 0 Å². The second-order valence-corrected chi connectivity index (χ2v) is 8.14. The van der Waals surface area contributed by atoms with Crippen molar-refractivity contribution in [1.29, 1.82) is 0 Å². The lowest BCUT2D eigenvalue weighted by Crippen LogP contribution is -2.08. The molecule has 0 aliphatic carbocycles. The molecule has 2 heterocycles. The standard InChI is InChI=1S/C28H25NO6/c1-31-23-12-16-9-10-29-22(20(16)14-25(23)33-3)11-17-13-24(32-2)26(34-4)15-21(17)27-18-7-5-6-8-19(18)28(30)35-27/h5-10,12-15,27H,11H2,1-4H3. The number of esters is 1. The number of benzene rings is 3. The molecule has 0 N–H and O–H groups in total. The summed E-state index contributed by atoms with van der Waals surface area (Å²) in [6.45, 7) is 0. The van der Waals surface area contributed by atoms with E-state index in [9.17, 15) is 4.79 Å². The molecule has 1 unspecified atom stereocenters. The first kappa shape index (κ1) is 22.5. The van der Waals surface area contributed by atoms with E-state index in [1.165, 1.54) is 0 Å². The van der Waals surface area contributed by atoms with Crippen LogP contribution in [-0.4, -0.2) is 39.4 Å². The summed E-state index contributed by atoms with van der Waals surface area (Å²) in [6.07, 6.45) is 1.69. The molecule has 35 heavy (non-hydrogen) atoms. The molecule has 0 fully saturated rings. The zero-order valence-corrected chi connectivity index (χ0v) is 20.0. The summed E-state index contributed by atoms with van der Waals surface area (Å²) >= 11 is 0. The first-order valence-corrected chi connectivity index (χ1v) is 11.1. The largest absolute Gasteiger partial charge is 0.493 e. The van der Waals surface area contributed by atoms with Crippen molar-refractivity contribution < 1.29 is 28.5 Å². The lowest BCUT2D eigenvalue weighted by molar-refractivity contribution is 0.0454. The van der Waals surface area contributed by atoms with Gasteiger partial charge >= 0.3 is 5.97 Å².